The largest absolute Gasteiger partial charge is 0.489 e. The molecule has 1 aromatic heterocycles. The van der Waals surface area contributed by atoms with Crippen molar-refractivity contribution in [1.29, 1.82) is 0 Å². The van der Waals surface area contributed by atoms with Gasteiger partial charge in [0.25, 0.3) is 0 Å². The SMILES string of the molecule is CCOC(=O)c1ncn(-c2ccc(OCc3ccccc3)cc2)c1C. The average Bonchev–Trinajstić information content (AvgIpc) is 3.03. The first-order valence-electron chi connectivity index (χ1n) is 8.17. The molecule has 0 saturated heterocycles. The number of hydrogen-bond donors (Lipinski definition) is 0. The number of rotatable bonds is 6. The first-order chi connectivity index (χ1) is 12.2. The number of aromatic nitrogens is 2. The zero-order chi connectivity index (χ0) is 17.6. The molecule has 0 N–H and O–H groups in total. The van der Waals surface area contributed by atoms with Gasteiger partial charge in [0.15, 0.2) is 5.69 Å². The standard InChI is InChI=1S/C20H20N2O3/c1-3-24-20(23)19-15(2)22(14-21-19)17-9-11-18(12-10-17)25-13-16-7-5-4-6-8-16/h4-12,14H,3,13H2,1-2H3. The predicted molar refractivity (Wildman–Crippen MR) is 95.0 cm³/mol. The summed E-state index contributed by atoms with van der Waals surface area (Å²) < 4.78 is 12.7. The highest BCUT2D eigenvalue weighted by molar-refractivity contribution is 5.88. The fourth-order valence-corrected chi connectivity index (χ4v) is 2.51. The fraction of sp³-hybridized carbons (Fsp3) is 0.200. The van der Waals surface area contributed by atoms with Crippen molar-refractivity contribution in [3.8, 4) is 11.4 Å². The maximum Gasteiger partial charge on any atom is 0.358 e. The molecule has 25 heavy (non-hydrogen) atoms. The van der Waals surface area contributed by atoms with Crippen LogP contribution in [0.5, 0.6) is 5.75 Å². The number of imidazole rings is 1. The molecule has 0 unspecified atom stereocenters. The molecule has 0 atom stereocenters. The van der Waals surface area contributed by atoms with E-state index in [2.05, 4.69) is 4.98 Å². The third-order valence-electron chi connectivity index (χ3n) is 3.84. The summed E-state index contributed by atoms with van der Waals surface area (Å²) in [5.41, 5.74) is 3.12. The van der Waals surface area contributed by atoms with Gasteiger partial charge in [0.1, 0.15) is 18.7 Å². The maximum absolute atomic E-state index is 11.9. The molecule has 2 aromatic carbocycles. The number of esters is 1. The van der Waals surface area contributed by atoms with E-state index in [9.17, 15) is 4.79 Å². The molecule has 0 aliphatic rings. The van der Waals surface area contributed by atoms with E-state index in [1.165, 1.54) is 0 Å². The quantitative estimate of drug-likeness (QED) is 0.640. The first kappa shape index (κ1) is 16.8. The van der Waals surface area contributed by atoms with Crippen molar-refractivity contribution in [3.63, 3.8) is 0 Å². The lowest BCUT2D eigenvalue weighted by molar-refractivity contribution is 0.0519. The van der Waals surface area contributed by atoms with E-state index in [-0.39, 0.29) is 0 Å². The van der Waals surface area contributed by atoms with Crippen molar-refractivity contribution in [3.05, 3.63) is 77.9 Å². The van der Waals surface area contributed by atoms with Gasteiger partial charge in [-0.3, -0.25) is 0 Å². The van der Waals surface area contributed by atoms with Crippen molar-refractivity contribution < 1.29 is 14.3 Å². The second kappa shape index (κ2) is 7.66. The molecule has 5 heteroatoms. The molecule has 0 fully saturated rings. The smallest absolute Gasteiger partial charge is 0.358 e. The Morgan fingerprint density at radius 1 is 1.08 bits per heavy atom. The molecule has 0 saturated carbocycles. The molecule has 3 rings (SSSR count). The topological polar surface area (TPSA) is 53.3 Å². The van der Waals surface area contributed by atoms with E-state index in [0.29, 0.717) is 18.9 Å². The third-order valence-corrected chi connectivity index (χ3v) is 3.84. The van der Waals surface area contributed by atoms with E-state index >= 15 is 0 Å². The van der Waals surface area contributed by atoms with Gasteiger partial charge in [0, 0.05) is 5.69 Å². The van der Waals surface area contributed by atoms with Crippen LogP contribution in [0.1, 0.15) is 28.7 Å². The van der Waals surface area contributed by atoms with Crippen LogP contribution in [-0.4, -0.2) is 22.1 Å². The molecule has 0 aliphatic carbocycles. The summed E-state index contributed by atoms with van der Waals surface area (Å²) >= 11 is 0. The minimum Gasteiger partial charge on any atom is -0.489 e. The Bertz CT molecular complexity index is 839. The lowest BCUT2D eigenvalue weighted by Gasteiger charge is -2.09. The molecule has 3 aromatic rings. The van der Waals surface area contributed by atoms with Gasteiger partial charge in [-0.1, -0.05) is 30.3 Å². The number of carbonyl (C=O) groups excluding carboxylic acids is 1. The number of carbonyl (C=O) groups is 1. The van der Waals surface area contributed by atoms with Crippen LogP contribution in [0.3, 0.4) is 0 Å². The fourth-order valence-electron chi connectivity index (χ4n) is 2.51. The van der Waals surface area contributed by atoms with Crippen molar-refractivity contribution >= 4 is 5.97 Å². The Labute approximate surface area is 146 Å². The summed E-state index contributed by atoms with van der Waals surface area (Å²) in [6, 6.07) is 17.7. The molecule has 0 aliphatic heterocycles. The first-order valence-corrected chi connectivity index (χ1v) is 8.17. The van der Waals surface area contributed by atoms with Crippen LogP contribution in [0.2, 0.25) is 0 Å². The highest BCUT2D eigenvalue weighted by Gasteiger charge is 2.16. The van der Waals surface area contributed by atoms with Gasteiger partial charge in [0.2, 0.25) is 0 Å². The Hall–Kier alpha value is -3.08. The second-order valence-corrected chi connectivity index (χ2v) is 5.54. The molecule has 5 nitrogen and oxygen atoms in total. The number of hydrogen-bond acceptors (Lipinski definition) is 4. The summed E-state index contributed by atoms with van der Waals surface area (Å²) in [5, 5.41) is 0. The average molecular weight is 336 g/mol. The van der Waals surface area contributed by atoms with Gasteiger partial charge in [-0.2, -0.15) is 0 Å². The monoisotopic (exact) mass is 336 g/mol. The Balaban J connectivity index is 1.71. The summed E-state index contributed by atoms with van der Waals surface area (Å²) in [6.07, 6.45) is 1.63. The highest BCUT2D eigenvalue weighted by atomic mass is 16.5. The zero-order valence-electron chi connectivity index (χ0n) is 14.3. The van der Waals surface area contributed by atoms with Crippen LogP contribution in [-0.2, 0) is 11.3 Å². The third kappa shape index (κ3) is 3.88. The van der Waals surface area contributed by atoms with E-state index < -0.39 is 5.97 Å². The summed E-state index contributed by atoms with van der Waals surface area (Å²) in [5.74, 6) is 0.387. The zero-order valence-corrected chi connectivity index (χ0v) is 14.3. The van der Waals surface area contributed by atoms with Crippen molar-refractivity contribution in [2.24, 2.45) is 0 Å². The molecule has 0 radical (unpaired) electrons. The van der Waals surface area contributed by atoms with Crippen LogP contribution < -0.4 is 4.74 Å². The maximum atomic E-state index is 11.9. The van der Waals surface area contributed by atoms with Crippen molar-refractivity contribution in [2.45, 2.75) is 20.5 Å². The van der Waals surface area contributed by atoms with E-state index in [0.717, 1.165) is 22.7 Å². The Kier molecular flexibility index (Phi) is 5.14. The van der Waals surface area contributed by atoms with Crippen molar-refractivity contribution in [2.75, 3.05) is 6.61 Å². The van der Waals surface area contributed by atoms with Crippen LogP contribution in [0.4, 0.5) is 0 Å². The Morgan fingerprint density at radius 3 is 2.48 bits per heavy atom. The van der Waals surface area contributed by atoms with Gasteiger partial charge in [-0.15, -0.1) is 0 Å². The summed E-state index contributed by atoms with van der Waals surface area (Å²) in [6.45, 7) is 4.48. The number of nitrogens with zero attached hydrogens (tertiary/aromatic N) is 2. The minimum absolute atomic E-state index is 0.332. The second-order valence-electron chi connectivity index (χ2n) is 5.54. The minimum atomic E-state index is -0.401. The van der Waals surface area contributed by atoms with Crippen LogP contribution in [0.25, 0.3) is 5.69 Å². The lowest BCUT2D eigenvalue weighted by atomic mass is 10.2. The van der Waals surface area contributed by atoms with E-state index in [1.54, 1.807) is 13.3 Å². The van der Waals surface area contributed by atoms with Crippen molar-refractivity contribution in [1.82, 2.24) is 9.55 Å². The molecule has 1 heterocycles. The molecule has 0 bridgehead atoms. The van der Waals surface area contributed by atoms with Gasteiger partial charge >= 0.3 is 5.97 Å². The number of ether oxygens (including phenoxy) is 2. The van der Waals surface area contributed by atoms with Gasteiger partial charge in [-0.05, 0) is 43.7 Å². The highest BCUT2D eigenvalue weighted by Crippen LogP contribution is 2.19. The molecule has 0 spiro atoms. The molecular formula is C20H20N2O3. The summed E-state index contributed by atoms with van der Waals surface area (Å²) in [7, 11) is 0. The van der Waals surface area contributed by atoms with Gasteiger partial charge in [-0.25, -0.2) is 9.78 Å². The lowest BCUT2D eigenvalue weighted by Crippen LogP contribution is -2.07. The molecule has 0 amide bonds. The van der Waals surface area contributed by atoms with Gasteiger partial charge < -0.3 is 14.0 Å². The predicted octanol–water partition coefficient (Wildman–Crippen LogP) is 3.94. The van der Waals surface area contributed by atoms with Crippen LogP contribution in [0, 0.1) is 6.92 Å². The van der Waals surface area contributed by atoms with E-state index in [4.69, 9.17) is 9.47 Å². The van der Waals surface area contributed by atoms with E-state index in [1.807, 2.05) is 66.1 Å². The molecular weight excluding hydrogens is 316 g/mol. The van der Waals surface area contributed by atoms with Crippen LogP contribution >= 0.6 is 0 Å². The molecule has 128 valence electrons. The summed E-state index contributed by atoms with van der Waals surface area (Å²) in [4.78, 5) is 16.0. The number of benzene rings is 2. The van der Waals surface area contributed by atoms with Gasteiger partial charge in [0.05, 0.1) is 12.3 Å². The van der Waals surface area contributed by atoms with Crippen LogP contribution in [0.15, 0.2) is 60.9 Å². The normalized spacial score (nSPS) is 10.5. The Morgan fingerprint density at radius 2 is 1.80 bits per heavy atom.